The third kappa shape index (κ3) is 5.77. The van der Waals surface area contributed by atoms with Gasteiger partial charge in [-0.1, -0.05) is 27.7 Å². The number of β-lactam (4-membered cyclic amide) rings is 1. The highest BCUT2D eigenvalue weighted by Crippen LogP contribution is 2.49. The van der Waals surface area contributed by atoms with Gasteiger partial charge in [-0.2, -0.15) is 0 Å². The summed E-state index contributed by atoms with van der Waals surface area (Å²) < 4.78 is 11.9. The molecule has 228 valence electrons. The van der Waals surface area contributed by atoms with Crippen molar-refractivity contribution in [2.75, 3.05) is 19.6 Å². The Labute approximate surface area is 246 Å². The van der Waals surface area contributed by atoms with Crippen LogP contribution in [0.4, 0.5) is 5.69 Å². The van der Waals surface area contributed by atoms with Gasteiger partial charge in [-0.25, -0.2) is 9.59 Å². The lowest BCUT2D eigenvalue weighted by Gasteiger charge is -2.49. The average Bonchev–Trinajstić information content (AvgIpc) is 3.53. The minimum atomic E-state index is -2.01. The molecule has 1 aromatic rings. The van der Waals surface area contributed by atoms with E-state index in [0.717, 1.165) is 30.3 Å². The molecular weight excluding hydrogens is 560 g/mol. The van der Waals surface area contributed by atoms with E-state index in [2.05, 4.69) is 20.8 Å². The molecule has 3 aliphatic rings. The summed E-state index contributed by atoms with van der Waals surface area (Å²) in [5, 5.41) is 11.0. The lowest BCUT2D eigenvalue weighted by Crippen LogP contribution is -2.65. The Hall–Kier alpha value is -3.42. The minimum Gasteiger partial charge on any atom is -0.413 e. The van der Waals surface area contributed by atoms with Gasteiger partial charge in [0, 0.05) is 31.1 Å². The van der Waals surface area contributed by atoms with Crippen molar-refractivity contribution in [3.05, 3.63) is 51.2 Å². The molecule has 3 aliphatic heterocycles. The topological polar surface area (TPSA) is 162 Å². The summed E-state index contributed by atoms with van der Waals surface area (Å²) in [5.41, 5.74) is 6.00. The molecule has 2 N–H and O–H groups in total. The van der Waals surface area contributed by atoms with Gasteiger partial charge in [-0.15, -0.1) is 0 Å². The molecule has 1 aromatic carbocycles. The fourth-order valence-corrected chi connectivity index (χ4v) is 9.59. The Morgan fingerprint density at radius 1 is 1.12 bits per heavy atom. The number of rotatable bonds is 12. The first kappa shape index (κ1) is 31.5. The molecule has 12 nitrogen and oxygen atoms in total. The lowest BCUT2D eigenvalue weighted by molar-refractivity contribution is -0.384. The number of nitro benzene ring substituents is 1. The minimum absolute atomic E-state index is 0.0302. The van der Waals surface area contributed by atoms with Crippen LogP contribution in [-0.2, 0) is 23.5 Å². The first-order valence-corrected chi connectivity index (χ1v) is 17.2. The predicted octanol–water partition coefficient (Wildman–Crippen LogP) is 3.23. The molecule has 0 bridgehead atoms. The van der Waals surface area contributed by atoms with Gasteiger partial charge in [0.1, 0.15) is 5.70 Å². The van der Waals surface area contributed by atoms with Crippen molar-refractivity contribution in [1.82, 2.24) is 9.80 Å². The van der Waals surface area contributed by atoms with Gasteiger partial charge in [0.2, 0.25) is 11.8 Å². The molecule has 0 radical (unpaired) electrons. The average molecular weight is 601 g/mol. The normalized spacial score (nSPS) is 24.8. The Kier molecular flexibility index (Phi) is 9.33. The first-order valence-electron chi connectivity index (χ1n) is 14.6. The molecule has 2 amide bonds. The molecule has 2 saturated heterocycles. The number of ether oxygens (including phenoxy) is 1. The van der Waals surface area contributed by atoms with Crippen LogP contribution in [0, 0.1) is 27.9 Å². The van der Waals surface area contributed by atoms with Gasteiger partial charge in [0.25, 0.3) is 5.69 Å². The van der Waals surface area contributed by atoms with E-state index in [9.17, 15) is 29.3 Å². The van der Waals surface area contributed by atoms with Gasteiger partial charge in [0.15, 0.2) is 8.32 Å². The number of fused-ring (bicyclic) bond motifs is 1. The highest BCUT2D eigenvalue weighted by molar-refractivity contribution is 6.73. The van der Waals surface area contributed by atoms with Crippen molar-refractivity contribution in [3.8, 4) is 0 Å². The summed E-state index contributed by atoms with van der Waals surface area (Å²) in [7, 11) is -2.01. The van der Waals surface area contributed by atoms with Crippen molar-refractivity contribution in [3.63, 3.8) is 0 Å². The molecule has 0 saturated carbocycles. The molecule has 0 aromatic heterocycles. The summed E-state index contributed by atoms with van der Waals surface area (Å²) in [6.07, 6.45) is 0.268. The van der Waals surface area contributed by atoms with E-state index in [1.807, 2.05) is 18.7 Å². The van der Waals surface area contributed by atoms with Crippen LogP contribution < -0.4 is 5.73 Å². The fraction of sp³-hybridized carbons (Fsp3) is 0.586. The smallest absolute Gasteiger partial charge is 0.362 e. The fourth-order valence-electron chi connectivity index (χ4n) is 6.66. The molecule has 3 heterocycles. The third-order valence-corrected chi connectivity index (χ3v) is 14.2. The standard InChI is InChI=1S/C29H40N4O8Si/c1-6-42(7-2,8-3)41-18(5)23-24-17(4)22(16-31-14-13-20(15-31)26(30)34)25(32(24)27(23)35)29(37)40-28(36)19-9-11-21(12-10-19)33(38)39/h9-12,17-18,20,23-24H,6-8,13-16H2,1-5H3,(H2,30,34)/t17-,18+,20-,23+,24+/m0/s1. The van der Waals surface area contributed by atoms with E-state index in [1.54, 1.807) is 0 Å². The predicted molar refractivity (Wildman–Crippen MR) is 155 cm³/mol. The second kappa shape index (κ2) is 12.4. The summed E-state index contributed by atoms with van der Waals surface area (Å²) in [6.45, 7) is 11.6. The number of nitro groups is 1. The van der Waals surface area contributed by atoms with Crippen LogP contribution in [0.2, 0.25) is 18.1 Å². The number of benzene rings is 1. The Bertz CT molecular complexity index is 1290. The number of carbonyl (C=O) groups excluding carboxylic acids is 4. The van der Waals surface area contributed by atoms with Gasteiger partial charge >= 0.3 is 11.9 Å². The van der Waals surface area contributed by atoms with E-state index in [0.29, 0.717) is 31.6 Å². The zero-order valence-electron chi connectivity index (χ0n) is 24.8. The zero-order valence-corrected chi connectivity index (χ0v) is 25.8. The molecular formula is C29H40N4O8Si. The van der Waals surface area contributed by atoms with Crippen molar-refractivity contribution in [1.29, 1.82) is 0 Å². The van der Waals surface area contributed by atoms with E-state index >= 15 is 0 Å². The van der Waals surface area contributed by atoms with E-state index < -0.39 is 31.1 Å². The van der Waals surface area contributed by atoms with E-state index in [-0.39, 0.29) is 52.7 Å². The highest BCUT2D eigenvalue weighted by Gasteiger charge is 2.61. The maximum atomic E-state index is 13.7. The third-order valence-electron chi connectivity index (χ3n) is 9.43. The van der Waals surface area contributed by atoms with Crippen LogP contribution in [0.25, 0.3) is 0 Å². The second-order valence-electron chi connectivity index (χ2n) is 11.6. The van der Waals surface area contributed by atoms with Crippen molar-refractivity contribution in [2.45, 2.75) is 71.3 Å². The van der Waals surface area contributed by atoms with Crippen molar-refractivity contribution >= 4 is 37.8 Å². The van der Waals surface area contributed by atoms with Crippen molar-refractivity contribution in [2.24, 2.45) is 23.5 Å². The number of carbonyl (C=O) groups is 4. The number of non-ortho nitro benzene ring substituents is 1. The molecule has 0 unspecified atom stereocenters. The first-order chi connectivity index (χ1) is 19.9. The maximum absolute atomic E-state index is 13.7. The number of likely N-dealkylation sites (tertiary alicyclic amines) is 1. The molecule has 0 aliphatic carbocycles. The molecule has 13 heteroatoms. The number of esters is 2. The Morgan fingerprint density at radius 3 is 2.26 bits per heavy atom. The van der Waals surface area contributed by atoms with Crippen LogP contribution >= 0.6 is 0 Å². The molecule has 2 fully saturated rings. The number of nitrogens with two attached hydrogens (primary N) is 1. The summed E-state index contributed by atoms with van der Waals surface area (Å²) in [6, 6.07) is 7.23. The van der Waals surface area contributed by atoms with E-state index in [1.165, 1.54) is 17.0 Å². The maximum Gasteiger partial charge on any atom is 0.362 e. The Balaban J connectivity index is 1.60. The lowest BCUT2D eigenvalue weighted by atomic mass is 9.77. The monoisotopic (exact) mass is 600 g/mol. The van der Waals surface area contributed by atoms with Crippen molar-refractivity contribution < 1.29 is 33.3 Å². The molecule has 42 heavy (non-hydrogen) atoms. The summed E-state index contributed by atoms with van der Waals surface area (Å²) in [4.78, 5) is 65.7. The number of nitrogens with zero attached hydrogens (tertiary/aromatic N) is 3. The number of primary amides is 1. The molecule has 5 atom stereocenters. The summed E-state index contributed by atoms with van der Waals surface area (Å²) in [5.74, 6) is -3.50. The van der Waals surface area contributed by atoms with Crippen LogP contribution in [0.15, 0.2) is 35.5 Å². The highest BCUT2D eigenvalue weighted by atomic mass is 28.4. The van der Waals surface area contributed by atoms with Crippen LogP contribution in [-0.4, -0.2) is 78.6 Å². The van der Waals surface area contributed by atoms with Crippen LogP contribution in [0.1, 0.15) is 51.4 Å². The summed E-state index contributed by atoms with van der Waals surface area (Å²) >= 11 is 0. The van der Waals surface area contributed by atoms with Gasteiger partial charge in [0.05, 0.1) is 34.5 Å². The second-order valence-corrected chi connectivity index (χ2v) is 16.3. The molecule has 0 spiro atoms. The van der Waals surface area contributed by atoms with Gasteiger partial charge in [-0.05, 0) is 55.7 Å². The van der Waals surface area contributed by atoms with Gasteiger partial charge < -0.3 is 19.8 Å². The number of amides is 2. The van der Waals surface area contributed by atoms with Crippen LogP contribution in [0.5, 0.6) is 0 Å². The number of hydrogen-bond acceptors (Lipinski definition) is 9. The number of hydrogen-bond donors (Lipinski definition) is 1. The quantitative estimate of drug-likeness (QED) is 0.0948. The van der Waals surface area contributed by atoms with Gasteiger partial charge in [-0.3, -0.25) is 24.6 Å². The Morgan fingerprint density at radius 2 is 1.74 bits per heavy atom. The largest absolute Gasteiger partial charge is 0.413 e. The SMILES string of the molecule is CC[Si](CC)(CC)O[C@H](C)[C@H]1C(=O)N2C(C(=O)OC(=O)c3ccc([N+](=O)[O-])cc3)=C(CN3CC[C@H](C(N)=O)C3)[C@H](C)[C@H]12. The molecule has 4 rings (SSSR count). The zero-order chi connectivity index (χ0) is 30.9. The van der Waals surface area contributed by atoms with E-state index in [4.69, 9.17) is 14.9 Å². The van der Waals surface area contributed by atoms with Crippen LogP contribution in [0.3, 0.4) is 0 Å².